The predicted octanol–water partition coefficient (Wildman–Crippen LogP) is 2.98. The van der Waals surface area contributed by atoms with Gasteiger partial charge in [0.2, 0.25) is 0 Å². The molecule has 0 bridgehead atoms. The second kappa shape index (κ2) is 9.27. The van der Waals surface area contributed by atoms with Crippen molar-refractivity contribution < 1.29 is 4.42 Å². The number of hydrogen-bond acceptors (Lipinski definition) is 3. The van der Waals surface area contributed by atoms with Crippen LogP contribution in [0.2, 0.25) is 0 Å². The Labute approximate surface area is 160 Å². The third-order valence-corrected chi connectivity index (χ3v) is 4.53. The maximum atomic E-state index is 5.97. The van der Waals surface area contributed by atoms with Gasteiger partial charge in [-0.3, -0.25) is 9.89 Å². The molecule has 1 fully saturated rings. The summed E-state index contributed by atoms with van der Waals surface area (Å²) in [5, 5.41) is 4.33. The number of nitrogens with one attached hydrogen (secondary N) is 1. The molecule has 0 amide bonds. The summed E-state index contributed by atoms with van der Waals surface area (Å²) in [6.45, 7) is 6.02. The molecule has 2 heterocycles. The lowest BCUT2D eigenvalue weighted by atomic mass is 10.2. The van der Waals surface area contributed by atoms with Crippen molar-refractivity contribution in [2.75, 3.05) is 26.2 Å². The Bertz CT molecular complexity index is 637. The van der Waals surface area contributed by atoms with Gasteiger partial charge in [-0.05, 0) is 38.1 Å². The molecule has 1 unspecified atom stereocenters. The van der Waals surface area contributed by atoms with E-state index in [-0.39, 0.29) is 24.0 Å². The fourth-order valence-electron chi connectivity index (χ4n) is 3.25. The fraction of sp³-hybridized carbons (Fsp3) is 0.500. The molecule has 1 aliphatic heterocycles. The number of furan rings is 1. The van der Waals surface area contributed by atoms with Crippen molar-refractivity contribution in [3.8, 4) is 0 Å². The Morgan fingerprint density at radius 2 is 2.25 bits per heavy atom. The average Bonchev–Trinajstić information content (AvgIpc) is 3.18. The first kappa shape index (κ1) is 19.1. The smallest absolute Gasteiger partial charge is 0.188 e. The monoisotopic (exact) mass is 442 g/mol. The van der Waals surface area contributed by atoms with Gasteiger partial charge in [-0.25, -0.2) is 0 Å². The number of benzene rings is 1. The van der Waals surface area contributed by atoms with Crippen LogP contribution < -0.4 is 11.1 Å². The van der Waals surface area contributed by atoms with E-state index >= 15 is 0 Å². The van der Waals surface area contributed by atoms with E-state index in [9.17, 15) is 0 Å². The van der Waals surface area contributed by atoms with Gasteiger partial charge in [-0.1, -0.05) is 25.1 Å². The van der Waals surface area contributed by atoms with E-state index in [0.717, 1.165) is 42.8 Å². The normalized spacial score (nSPS) is 18.7. The first-order valence-corrected chi connectivity index (χ1v) is 8.51. The minimum atomic E-state index is 0. The van der Waals surface area contributed by atoms with Crippen molar-refractivity contribution in [3.05, 3.63) is 36.1 Å². The predicted molar refractivity (Wildman–Crippen MR) is 110 cm³/mol. The maximum absolute atomic E-state index is 5.97. The highest BCUT2D eigenvalue weighted by Crippen LogP contribution is 2.19. The van der Waals surface area contributed by atoms with E-state index in [0.29, 0.717) is 12.0 Å². The molecule has 6 heteroatoms. The van der Waals surface area contributed by atoms with Crippen LogP contribution in [-0.4, -0.2) is 43.1 Å². The van der Waals surface area contributed by atoms with E-state index in [4.69, 9.17) is 10.2 Å². The van der Waals surface area contributed by atoms with Gasteiger partial charge in [0.15, 0.2) is 5.96 Å². The van der Waals surface area contributed by atoms with Crippen molar-refractivity contribution in [1.29, 1.82) is 0 Å². The van der Waals surface area contributed by atoms with Crippen LogP contribution in [-0.2, 0) is 6.42 Å². The molecule has 132 valence electrons. The van der Waals surface area contributed by atoms with Crippen LogP contribution in [0.5, 0.6) is 0 Å². The summed E-state index contributed by atoms with van der Waals surface area (Å²) in [6, 6.07) is 10.7. The number of aliphatic imine (C=N–C) groups is 1. The minimum absolute atomic E-state index is 0. The molecule has 0 aliphatic carbocycles. The lowest BCUT2D eigenvalue weighted by Crippen LogP contribution is -2.36. The van der Waals surface area contributed by atoms with Gasteiger partial charge in [-0.15, -0.1) is 24.0 Å². The highest BCUT2D eigenvalue weighted by molar-refractivity contribution is 14.0. The molecule has 3 rings (SSSR count). The number of likely N-dealkylation sites (N-methyl/N-ethyl adjacent to an activating group) is 1. The standard InChI is InChI=1S/C18H26N4O.HI/c1-2-22-11-5-7-15(22)13-21-18(19)20-10-9-16-12-14-6-3-4-8-17(14)23-16;/h3-4,6,8,12,15H,2,5,7,9-11,13H2,1H3,(H3,19,20,21);1H. The lowest BCUT2D eigenvalue weighted by Gasteiger charge is -2.20. The molecule has 5 nitrogen and oxygen atoms in total. The molecule has 0 radical (unpaired) electrons. The van der Waals surface area contributed by atoms with Gasteiger partial charge in [-0.2, -0.15) is 0 Å². The van der Waals surface area contributed by atoms with Crippen LogP contribution in [0.15, 0.2) is 39.7 Å². The van der Waals surface area contributed by atoms with Crippen LogP contribution in [0.1, 0.15) is 25.5 Å². The number of fused-ring (bicyclic) bond motifs is 1. The number of para-hydroxylation sites is 1. The molecule has 2 aromatic rings. The lowest BCUT2D eigenvalue weighted by molar-refractivity contribution is 0.273. The molecule has 1 saturated heterocycles. The molecule has 0 saturated carbocycles. The molecule has 1 aromatic heterocycles. The topological polar surface area (TPSA) is 66.8 Å². The highest BCUT2D eigenvalue weighted by atomic mass is 127. The van der Waals surface area contributed by atoms with Crippen LogP contribution in [0.25, 0.3) is 11.0 Å². The summed E-state index contributed by atoms with van der Waals surface area (Å²) in [7, 11) is 0. The number of likely N-dealkylation sites (tertiary alicyclic amines) is 1. The first-order chi connectivity index (χ1) is 11.3. The molecular formula is C18H27IN4O. The summed E-state index contributed by atoms with van der Waals surface area (Å²) in [5.41, 5.74) is 6.90. The molecule has 1 aromatic carbocycles. The van der Waals surface area contributed by atoms with E-state index in [1.54, 1.807) is 0 Å². The van der Waals surface area contributed by atoms with Crippen LogP contribution in [0.4, 0.5) is 0 Å². The fourth-order valence-corrected chi connectivity index (χ4v) is 3.25. The number of halogens is 1. The highest BCUT2D eigenvalue weighted by Gasteiger charge is 2.22. The summed E-state index contributed by atoms with van der Waals surface area (Å²) in [6.07, 6.45) is 3.30. The maximum Gasteiger partial charge on any atom is 0.188 e. The number of hydrogen-bond donors (Lipinski definition) is 2. The zero-order valence-electron chi connectivity index (χ0n) is 14.2. The second-order valence-corrected chi connectivity index (χ2v) is 6.08. The van der Waals surface area contributed by atoms with Gasteiger partial charge in [0.1, 0.15) is 11.3 Å². The number of rotatable bonds is 6. The first-order valence-electron chi connectivity index (χ1n) is 8.51. The summed E-state index contributed by atoms with van der Waals surface area (Å²) in [5.74, 6) is 1.50. The second-order valence-electron chi connectivity index (χ2n) is 6.08. The van der Waals surface area contributed by atoms with Crippen molar-refractivity contribution in [2.24, 2.45) is 10.7 Å². The summed E-state index contributed by atoms with van der Waals surface area (Å²) in [4.78, 5) is 6.97. The van der Waals surface area contributed by atoms with Crippen LogP contribution in [0.3, 0.4) is 0 Å². The van der Waals surface area contributed by atoms with Gasteiger partial charge in [0.05, 0.1) is 6.54 Å². The number of guanidine groups is 1. The third kappa shape index (κ3) is 4.86. The van der Waals surface area contributed by atoms with Crippen molar-refractivity contribution in [3.63, 3.8) is 0 Å². The number of nitrogens with zero attached hydrogens (tertiary/aromatic N) is 2. The molecule has 1 aliphatic rings. The summed E-state index contributed by atoms with van der Waals surface area (Å²) < 4.78 is 5.79. The van der Waals surface area contributed by atoms with Gasteiger partial charge in [0.25, 0.3) is 0 Å². The molecular weight excluding hydrogens is 415 g/mol. The molecule has 24 heavy (non-hydrogen) atoms. The van der Waals surface area contributed by atoms with E-state index in [2.05, 4.69) is 34.3 Å². The average molecular weight is 442 g/mol. The van der Waals surface area contributed by atoms with Gasteiger partial charge < -0.3 is 15.5 Å². The Hall–Kier alpha value is -1.28. The SMILES string of the molecule is CCN1CCCC1CN=C(N)NCCc1cc2ccccc2o1.I. The van der Waals surface area contributed by atoms with Gasteiger partial charge >= 0.3 is 0 Å². The van der Waals surface area contributed by atoms with Crippen molar-refractivity contribution in [2.45, 2.75) is 32.2 Å². The minimum Gasteiger partial charge on any atom is -0.461 e. The van der Waals surface area contributed by atoms with Crippen LogP contribution >= 0.6 is 24.0 Å². The quantitative estimate of drug-likeness (QED) is 0.410. The Morgan fingerprint density at radius 3 is 3.04 bits per heavy atom. The third-order valence-electron chi connectivity index (χ3n) is 4.53. The van der Waals surface area contributed by atoms with Crippen molar-refractivity contribution >= 4 is 40.9 Å². The Morgan fingerprint density at radius 1 is 1.42 bits per heavy atom. The largest absolute Gasteiger partial charge is 0.461 e. The van der Waals surface area contributed by atoms with Crippen molar-refractivity contribution in [1.82, 2.24) is 10.2 Å². The number of nitrogens with two attached hydrogens (primary N) is 1. The molecule has 3 N–H and O–H groups in total. The van der Waals surface area contributed by atoms with Gasteiger partial charge in [0, 0.05) is 24.4 Å². The van der Waals surface area contributed by atoms with Crippen LogP contribution in [0, 0.1) is 0 Å². The molecule has 1 atom stereocenters. The van der Waals surface area contributed by atoms with E-state index in [1.807, 2.05) is 18.2 Å². The van der Waals surface area contributed by atoms with E-state index in [1.165, 1.54) is 19.4 Å². The molecule has 0 spiro atoms. The Kier molecular flexibility index (Phi) is 7.36. The zero-order valence-corrected chi connectivity index (χ0v) is 16.5. The summed E-state index contributed by atoms with van der Waals surface area (Å²) >= 11 is 0. The van der Waals surface area contributed by atoms with E-state index < -0.39 is 0 Å². The Balaban J connectivity index is 0.00000208. The zero-order chi connectivity index (χ0) is 16.1.